The number of nitrogens with one attached hydrogen (secondary N) is 1. The number of ether oxygens (including phenoxy) is 2. The average molecular weight is 312 g/mol. The molecule has 0 radical (unpaired) electrons. The highest BCUT2D eigenvalue weighted by molar-refractivity contribution is 6.32. The zero-order valence-corrected chi connectivity index (χ0v) is 12.4. The van der Waals surface area contributed by atoms with Crippen molar-refractivity contribution in [2.24, 2.45) is 0 Å². The summed E-state index contributed by atoms with van der Waals surface area (Å²) in [6, 6.07) is 7.07. The van der Waals surface area contributed by atoms with Gasteiger partial charge < -0.3 is 19.9 Å². The van der Waals surface area contributed by atoms with Crippen molar-refractivity contribution in [1.82, 2.24) is 0 Å². The Kier molecular flexibility index (Phi) is 4.75. The maximum Gasteiger partial charge on any atom is 0.145 e. The second-order valence-corrected chi connectivity index (χ2v) is 4.72. The van der Waals surface area contributed by atoms with E-state index in [9.17, 15) is 9.50 Å². The van der Waals surface area contributed by atoms with Crippen molar-refractivity contribution >= 4 is 17.3 Å². The molecule has 21 heavy (non-hydrogen) atoms. The van der Waals surface area contributed by atoms with E-state index >= 15 is 0 Å². The van der Waals surface area contributed by atoms with Crippen molar-refractivity contribution in [3.63, 3.8) is 0 Å². The monoisotopic (exact) mass is 311 g/mol. The summed E-state index contributed by atoms with van der Waals surface area (Å²) >= 11 is 6.07. The Bertz CT molecular complexity index is 649. The quantitative estimate of drug-likeness (QED) is 0.881. The summed E-state index contributed by atoms with van der Waals surface area (Å²) in [6.07, 6.45) is 0. The average Bonchev–Trinajstić information content (AvgIpc) is 2.48. The summed E-state index contributed by atoms with van der Waals surface area (Å²) in [5.74, 6) is 0.631. The smallest absolute Gasteiger partial charge is 0.145 e. The van der Waals surface area contributed by atoms with Crippen LogP contribution in [-0.4, -0.2) is 19.3 Å². The van der Waals surface area contributed by atoms with Crippen LogP contribution in [0.3, 0.4) is 0 Å². The molecule has 0 unspecified atom stereocenters. The first-order chi connectivity index (χ1) is 10.0. The van der Waals surface area contributed by atoms with Crippen molar-refractivity contribution in [1.29, 1.82) is 0 Å². The molecule has 6 heteroatoms. The molecule has 0 saturated heterocycles. The Balaban J connectivity index is 2.23. The lowest BCUT2D eigenvalue weighted by Gasteiger charge is -2.14. The summed E-state index contributed by atoms with van der Waals surface area (Å²) in [4.78, 5) is 0. The number of anilines is 1. The van der Waals surface area contributed by atoms with Crippen LogP contribution in [0.25, 0.3) is 0 Å². The Morgan fingerprint density at radius 3 is 2.52 bits per heavy atom. The molecule has 4 nitrogen and oxygen atoms in total. The summed E-state index contributed by atoms with van der Waals surface area (Å²) in [5, 5.41) is 13.2. The lowest BCUT2D eigenvalue weighted by molar-refractivity contribution is 0.395. The van der Waals surface area contributed by atoms with Gasteiger partial charge in [0.15, 0.2) is 0 Å². The molecule has 112 valence electrons. The van der Waals surface area contributed by atoms with E-state index in [4.69, 9.17) is 21.1 Å². The summed E-state index contributed by atoms with van der Waals surface area (Å²) in [7, 11) is 3.03. The molecule has 2 aromatic rings. The Morgan fingerprint density at radius 2 is 1.86 bits per heavy atom. The molecule has 0 atom stereocenters. The molecule has 0 aliphatic heterocycles. The maximum absolute atomic E-state index is 13.2. The third-order valence-corrected chi connectivity index (χ3v) is 3.28. The van der Waals surface area contributed by atoms with Gasteiger partial charge in [0.25, 0.3) is 0 Å². The van der Waals surface area contributed by atoms with Crippen LogP contribution < -0.4 is 14.8 Å². The number of phenolic OH excluding ortho intramolecular Hbond substituents is 1. The van der Waals surface area contributed by atoms with Gasteiger partial charge in [0.05, 0.1) is 24.9 Å². The van der Waals surface area contributed by atoms with E-state index in [1.165, 1.54) is 32.4 Å². The van der Waals surface area contributed by atoms with Crippen LogP contribution in [0.15, 0.2) is 30.3 Å². The van der Waals surface area contributed by atoms with Gasteiger partial charge in [-0.05, 0) is 24.3 Å². The van der Waals surface area contributed by atoms with E-state index in [2.05, 4.69) is 5.32 Å². The number of benzene rings is 2. The topological polar surface area (TPSA) is 50.7 Å². The Morgan fingerprint density at radius 1 is 1.14 bits per heavy atom. The molecule has 2 N–H and O–H groups in total. The molecule has 0 heterocycles. The molecule has 0 bridgehead atoms. The van der Waals surface area contributed by atoms with Crippen molar-refractivity contribution < 1.29 is 19.0 Å². The number of aromatic hydroxyl groups is 1. The summed E-state index contributed by atoms with van der Waals surface area (Å²) < 4.78 is 23.5. The number of phenols is 1. The minimum Gasteiger partial charge on any atom is -0.508 e. The molecule has 2 aromatic carbocycles. The van der Waals surface area contributed by atoms with E-state index in [1.54, 1.807) is 12.1 Å². The lowest BCUT2D eigenvalue weighted by Crippen LogP contribution is -2.02. The molecule has 2 rings (SSSR count). The van der Waals surface area contributed by atoms with Gasteiger partial charge in [-0.25, -0.2) is 4.39 Å². The van der Waals surface area contributed by atoms with Crippen LogP contribution in [0, 0.1) is 5.82 Å². The molecule has 0 aromatic heterocycles. The number of hydrogen-bond donors (Lipinski definition) is 2. The van der Waals surface area contributed by atoms with Crippen LogP contribution in [0.4, 0.5) is 10.1 Å². The van der Waals surface area contributed by atoms with Crippen LogP contribution in [0.5, 0.6) is 17.2 Å². The maximum atomic E-state index is 13.2. The van der Waals surface area contributed by atoms with E-state index in [-0.39, 0.29) is 12.3 Å². The fourth-order valence-corrected chi connectivity index (χ4v) is 2.13. The van der Waals surface area contributed by atoms with Gasteiger partial charge in [-0.2, -0.15) is 0 Å². The standard InChI is InChI=1S/C15H15ClFNO3/c1-20-14-7-15(21-2)12(6-11(14)16)18-8-9-5-10(17)3-4-13(9)19/h3-7,18-19H,8H2,1-2H3. The van der Waals surface area contributed by atoms with Crippen LogP contribution in [-0.2, 0) is 6.54 Å². The highest BCUT2D eigenvalue weighted by atomic mass is 35.5. The van der Waals surface area contributed by atoms with Gasteiger partial charge in [-0.3, -0.25) is 0 Å². The zero-order chi connectivity index (χ0) is 15.4. The fourth-order valence-electron chi connectivity index (χ4n) is 1.88. The largest absolute Gasteiger partial charge is 0.508 e. The van der Waals surface area contributed by atoms with Gasteiger partial charge in [0, 0.05) is 18.2 Å². The minimum absolute atomic E-state index is 0.0162. The predicted molar refractivity (Wildman–Crippen MR) is 79.9 cm³/mol. The summed E-state index contributed by atoms with van der Waals surface area (Å²) in [5.41, 5.74) is 1.05. The first-order valence-electron chi connectivity index (χ1n) is 6.18. The third kappa shape index (κ3) is 3.49. The molecular formula is C15H15ClFNO3. The molecule has 0 spiro atoms. The molecular weight excluding hydrogens is 297 g/mol. The van der Waals surface area contributed by atoms with Crippen LogP contribution in [0.2, 0.25) is 5.02 Å². The minimum atomic E-state index is -0.413. The van der Waals surface area contributed by atoms with Gasteiger partial charge in [-0.15, -0.1) is 0 Å². The predicted octanol–water partition coefficient (Wildman–Crippen LogP) is 3.81. The lowest BCUT2D eigenvalue weighted by atomic mass is 10.2. The first-order valence-corrected chi connectivity index (χ1v) is 6.55. The number of methoxy groups -OCH3 is 2. The highest BCUT2D eigenvalue weighted by Gasteiger charge is 2.11. The van der Waals surface area contributed by atoms with E-state index in [0.717, 1.165) is 0 Å². The van der Waals surface area contributed by atoms with Crippen molar-refractivity contribution in [3.05, 3.63) is 46.7 Å². The molecule has 0 saturated carbocycles. The normalized spacial score (nSPS) is 10.3. The zero-order valence-electron chi connectivity index (χ0n) is 11.6. The van der Waals surface area contributed by atoms with Gasteiger partial charge in [-0.1, -0.05) is 11.6 Å². The van der Waals surface area contributed by atoms with Crippen molar-refractivity contribution in [2.45, 2.75) is 6.54 Å². The van der Waals surface area contributed by atoms with E-state index < -0.39 is 5.82 Å². The van der Waals surface area contributed by atoms with E-state index in [1.807, 2.05) is 0 Å². The fraction of sp³-hybridized carbons (Fsp3) is 0.200. The molecule has 0 amide bonds. The number of halogens is 2. The Labute approximate surface area is 127 Å². The van der Waals surface area contributed by atoms with Crippen LogP contribution >= 0.6 is 11.6 Å². The molecule has 0 aliphatic carbocycles. The van der Waals surface area contributed by atoms with Crippen LogP contribution in [0.1, 0.15) is 5.56 Å². The SMILES string of the molecule is COc1cc(OC)c(NCc2cc(F)ccc2O)cc1Cl. The summed E-state index contributed by atoms with van der Waals surface area (Å²) in [6.45, 7) is 0.225. The van der Waals surface area contributed by atoms with Gasteiger partial charge in [0.1, 0.15) is 23.1 Å². The highest BCUT2D eigenvalue weighted by Crippen LogP contribution is 2.36. The second kappa shape index (κ2) is 6.54. The van der Waals surface area contributed by atoms with E-state index in [0.29, 0.717) is 27.8 Å². The molecule has 0 fully saturated rings. The van der Waals surface area contributed by atoms with Gasteiger partial charge in [0.2, 0.25) is 0 Å². The third-order valence-electron chi connectivity index (χ3n) is 2.98. The first kappa shape index (κ1) is 15.3. The van der Waals surface area contributed by atoms with Crippen molar-refractivity contribution in [3.8, 4) is 17.2 Å². The Hall–Kier alpha value is -2.14. The number of rotatable bonds is 5. The second-order valence-electron chi connectivity index (χ2n) is 4.31. The molecule has 0 aliphatic rings. The van der Waals surface area contributed by atoms with Crippen molar-refractivity contribution in [2.75, 3.05) is 19.5 Å². The van der Waals surface area contributed by atoms with Gasteiger partial charge >= 0.3 is 0 Å². The number of hydrogen-bond acceptors (Lipinski definition) is 4.